The van der Waals surface area contributed by atoms with Crippen LogP contribution in [0, 0.1) is 0 Å². The van der Waals surface area contributed by atoms with Gasteiger partial charge in [0.15, 0.2) is 0 Å². The molecule has 0 atom stereocenters. The van der Waals surface area contributed by atoms with Gasteiger partial charge in [-0.2, -0.15) is 0 Å². The third-order valence-corrected chi connectivity index (χ3v) is 3.20. The fraction of sp³-hybridized carbons (Fsp3) is 0.231. The van der Waals surface area contributed by atoms with E-state index in [0.717, 1.165) is 22.3 Å². The van der Waals surface area contributed by atoms with Crippen LogP contribution in [0.3, 0.4) is 0 Å². The Morgan fingerprint density at radius 1 is 1.29 bits per heavy atom. The third-order valence-electron chi connectivity index (χ3n) is 2.58. The van der Waals surface area contributed by atoms with Crippen molar-refractivity contribution in [1.29, 1.82) is 0 Å². The molecule has 0 saturated carbocycles. The number of hydrogen-bond acceptors (Lipinski definition) is 2. The first-order valence-electron chi connectivity index (χ1n) is 5.31. The number of rotatable bonds is 4. The predicted molar refractivity (Wildman–Crippen MR) is 70.2 cm³/mol. The zero-order valence-electron chi connectivity index (χ0n) is 9.56. The van der Waals surface area contributed by atoms with E-state index in [9.17, 15) is 0 Å². The molecule has 17 heavy (non-hydrogen) atoms. The smallest absolute Gasteiger partial charge is 0.133 e. The minimum Gasteiger partial charge on any atom is -0.496 e. The van der Waals surface area contributed by atoms with Crippen LogP contribution in [0.15, 0.2) is 41.1 Å². The molecule has 0 aliphatic rings. The molecule has 2 aromatic rings. The zero-order chi connectivity index (χ0) is 12.3. The highest BCUT2D eigenvalue weighted by Gasteiger charge is 2.02. The van der Waals surface area contributed by atoms with E-state index in [1.165, 1.54) is 5.56 Å². The maximum absolute atomic E-state index is 8.99. The Morgan fingerprint density at radius 3 is 2.71 bits per heavy atom. The molecule has 1 aromatic carbocycles. The highest BCUT2D eigenvalue weighted by atomic mass is 79.9. The fourth-order valence-electron chi connectivity index (χ4n) is 1.70. The molecular formula is C13H14BrNO2. The maximum Gasteiger partial charge on any atom is 0.133 e. The zero-order valence-corrected chi connectivity index (χ0v) is 11.1. The number of ether oxygens (including phenoxy) is 1. The van der Waals surface area contributed by atoms with Gasteiger partial charge in [-0.25, -0.2) is 0 Å². The summed E-state index contributed by atoms with van der Waals surface area (Å²) in [5.74, 6) is 0.831. The summed E-state index contributed by atoms with van der Waals surface area (Å²) in [6.45, 7) is 0.863. The molecule has 0 aliphatic heterocycles. The molecule has 90 valence electrons. The lowest BCUT2D eigenvalue weighted by atomic mass is 10.2. The fourth-order valence-corrected chi connectivity index (χ4v) is 2.29. The van der Waals surface area contributed by atoms with Crippen LogP contribution in [0.4, 0.5) is 0 Å². The second kappa shape index (κ2) is 5.38. The van der Waals surface area contributed by atoms with Crippen LogP contribution < -0.4 is 4.74 Å². The van der Waals surface area contributed by atoms with Crippen molar-refractivity contribution in [2.24, 2.45) is 0 Å². The molecule has 3 nitrogen and oxygen atoms in total. The van der Waals surface area contributed by atoms with Crippen molar-refractivity contribution in [3.63, 3.8) is 0 Å². The highest BCUT2D eigenvalue weighted by Crippen LogP contribution is 2.25. The van der Waals surface area contributed by atoms with Crippen LogP contribution in [0.1, 0.15) is 11.1 Å². The molecule has 1 N–H and O–H groups in total. The lowest BCUT2D eigenvalue weighted by Crippen LogP contribution is -1.97. The van der Waals surface area contributed by atoms with E-state index in [1.54, 1.807) is 7.11 Å². The Labute approximate surface area is 109 Å². The van der Waals surface area contributed by atoms with Gasteiger partial charge in [0.25, 0.3) is 0 Å². The lowest BCUT2D eigenvalue weighted by molar-refractivity contribution is 0.282. The standard InChI is InChI=1S/C13H14BrNO2/c1-17-13-3-2-10(6-12(13)14)7-15-5-4-11(8-15)9-16/h2-6,8,16H,7,9H2,1H3. The molecule has 0 aliphatic carbocycles. The van der Waals surface area contributed by atoms with Crippen LogP contribution in [-0.4, -0.2) is 16.8 Å². The SMILES string of the molecule is COc1ccc(Cn2ccc(CO)c2)cc1Br. The van der Waals surface area contributed by atoms with Crippen LogP contribution in [0.25, 0.3) is 0 Å². The van der Waals surface area contributed by atoms with Gasteiger partial charge in [-0.05, 0) is 45.3 Å². The number of aliphatic hydroxyl groups excluding tert-OH is 1. The molecule has 0 spiro atoms. The molecule has 0 radical (unpaired) electrons. The first-order valence-corrected chi connectivity index (χ1v) is 6.10. The van der Waals surface area contributed by atoms with Crippen molar-refractivity contribution < 1.29 is 9.84 Å². The summed E-state index contributed by atoms with van der Waals surface area (Å²) >= 11 is 3.47. The average molecular weight is 296 g/mol. The largest absolute Gasteiger partial charge is 0.496 e. The molecular weight excluding hydrogens is 282 g/mol. The summed E-state index contributed by atoms with van der Waals surface area (Å²) in [7, 11) is 1.65. The van der Waals surface area contributed by atoms with E-state index in [4.69, 9.17) is 9.84 Å². The second-order valence-corrected chi connectivity index (χ2v) is 4.67. The van der Waals surface area contributed by atoms with Gasteiger partial charge in [0.05, 0.1) is 18.2 Å². The predicted octanol–water partition coefficient (Wildman–Crippen LogP) is 2.80. The van der Waals surface area contributed by atoms with Crippen LogP contribution in [-0.2, 0) is 13.2 Å². The first kappa shape index (κ1) is 12.2. The Balaban J connectivity index is 2.15. The van der Waals surface area contributed by atoms with Gasteiger partial charge in [-0.15, -0.1) is 0 Å². The summed E-state index contributed by atoms with van der Waals surface area (Å²) in [6.07, 6.45) is 3.90. The second-order valence-electron chi connectivity index (χ2n) is 3.82. The Hall–Kier alpha value is -1.26. The van der Waals surface area contributed by atoms with E-state index in [1.807, 2.05) is 41.2 Å². The van der Waals surface area contributed by atoms with Crippen molar-refractivity contribution in [1.82, 2.24) is 4.57 Å². The van der Waals surface area contributed by atoms with Crippen molar-refractivity contribution in [3.8, 4) is 5.75 Å². The topological polar surface area (TPSA) is 34.4 Å². The van der Waals surface area contributed by atoms with Crippen molar-refractivity contribution in [3.05, 3.63) is 52.3 Å². The van der Waals surface area contributed by atoms with Crippen molar-refractivity contribution in [2.45, 2.75) is 13.2 Å². The number of methoxy groups -OCH3 is 1. The number of aliphatic hydroxyl groups is 1. The van der Waals surface area contributed by atoms with Gasteiger partial charge in [0, 0.05) is 18.9 Å². The average Bonchev–Trinajstić information content (AvgIpc) is 2.77. The molecule has 0 amide bonds. The van der Waals surface area contributed by atoms with Crippen molar-refractivity contribution >= 4 is 15.9 Å². The maximum atomic E-state index is 8.99. The van der Waals surface area contributed by atoms with Crippen LogP contribution >= 0.6 is 15.9 Å². The Morgan fingerprint density at radius 2 is 2.12 bits per heavy atom. The number of hydrogen-bond donors (Lipinski definition) is 1. The molecule has 0 bridgehead atoms. The van der Waals surface area contributed by atoms with Gasteiger partial charge >= 0.3 is 0 Å². The Kier molecular flexibility index (Phi) is 3.86. The van der Waals surface area contributed by atoms with Gasteiger partial charge in [0.2, 0.25) is 0 Å². The number of nitrogens with zero attached hydrogens (tertiary/aromatic N) is 1. The van der Waals surface area contributed by atoms with Gasteiger partial charge < -0.3 is 14.4 Å². The minimum atomic E-state index is 0.0826. The molecule has 0 unspecified atom stereocenters. The normalized spacial score (nSPS) is 10.5. The summed E-state index contributed by atoms with van der Waals surface area (Å²) < 4.78 is 8.18. The minimum absolute atomic E-state index is 0.0826. The van der Waals surface area contributed by atoms with E-state index >= 15 is 0 Å². The summed E-state index contributed by atoms with van der Waals surface area (Å²) in [5, 5.41) is 8.99. The molecule has 0 saturated heterocycles. The first-order chi connectivity index (χ1) is 8.22. The van der Waals surface area contributed by atoms with Crippen molar-refractivity contribution in [2.75, 3.05) is 7.11 Å². The van der Waals surface area contributed by atoms with E-state index in [0.29, 0.717) is 0 Å². The summed E-state index contributed by atoms with van der Waals surface area (Å²) in [4.78, 5) is 0. The molecule has 0 fully saturated rings. The monoisotopic (exact) mass is 295 g/mol. The summed E-state index contributed by atoms with van der Waals surface area (Å²) in [6, 6.07) is 7.92. The molecule has 4 heteroatoms. The number of benzene rings is 1. The highest BCUT2D eigenvalue weighted by molar-refractivity contribution is 9.10. The Bertz CT molecular complexity index is 508. The van der Waals surface area contributed by atoms with Gasteiger partial charge in [0.1, 0.15) is 5.75 Å². The number of aromatic nitrogens is 1. The van der Waals surface area contributed by atoms with E-state index in [-0.39, 0.29) is 6.61 Å². The lowest BCUT2D eigenvalue weighted by Gasteiger charge is -2.07. The van der Waals surface area contributed by atoms with Crippen LogP contribution in [0.5, 0.6) is 5.75 Å². The van der Waals surface area contributed by atoms with Gasteiger partial charge in [-0.3, -0.25) is 0 Å². The van der Waals surface area contributed by atoms with E-state index < -0.39 is 0 Å². The quantitative estimate of drug-likeness (QED) is 0.941. The number of halogens is 1. The third kappa shape index (κ3) is 2.90. The van der Waals surface area contributed by atoms with Gasteiger partial charge in [-0.1, -0.05) is 6.07 Å². The van der Waals surface area contributed by atoms with Crippen LogP contribution in [0.2, 0.25) is 0 Å². The summed E-state index contributed by atoms with van der Waals surface area (Å²) in [5.41, 5.74) is 2.11. The molecule has 1 heterocycles. The molecule has 1 aromatic heterocycles. The molecule has 2 rings (SSSR count). The van der Waals surface area contributed by atoms with E-state index in [2.05, 4.69) is 15.9 Å².